The number of hydrogen-bond acceptors (Lipinski definition) is 5. The van der Waals surface area contributed by atoms with Gasteiger partial charge in [-0.15, -0.1) is 0 Å². The number of hydrogen-bond donors (Lipinski definition) is 1. The molecule has 6 nitrogen and oxygen atoms in total. The van der Waals surface area contributed by atoms with E-state index >= 15 is 0 Å². The molecule has 0 fully saturated rings. The average Bonchev–Trinajstić information content (AvgIpc) is 3.11. The second kappa shape index (κ2) is 6.03. The highest BCUT2D eigenvalue weighted by Crippen LogP contribution is 2.30. The SMILES string of the molecule is O=S(=O)(Nc1ccccc1-c1ccccc1)c1cccc2nonc12. The second-order valence-electron chi connectivity index (χ2n) is 5.41. The van der Waals surface area contributed by atoms with Crippen molar-refractivity contribution < 1.29 is 13.0 Å². The number of nitrogens with one attached hydrogen (secondary N) is 1. The topological polar surface area (TPSA) is 85.1 Å². The summed E-state index contributed by atoms with van der Waals surface area (Å²) in [5.74, 6) is 0. The third kappa shape index (κ3) is 2.85. The lowest BCUT2D eigenvalue weighted by Gasteiger charge is -2.13. The number of benzene rings is 3. The van der Waals surface area contributed by atoms with Crippen molar-refractivity contribution in [3.05, 3.63) is 72.8 Å². The molecule has 0 aliphatic rings. The summed E-state index contributed by atoms with van der Waals surface area (Å²) in [4.78, 5) is 0.0223. The van der Waals surface area contributed by atoms with Crippen molar-refractivity contribution >= 4 is 26.7 Å². The van der Waals surface area contributed by atoms with Gasteiger partial charge in [-0.3, -0.25) is 4.72 Å². The zero-order chi connectivity index (χ0) is 17.3. The lowest BCUT2D eigenvalue weighted by Crippen LogP contribution is -2.14. The van der Waals surface area contributed by atoms with Crippen LogP contribution in [-0.2, 0) is 10.0 Å². The molecule has 0 unspecified atom stereocenters. The van der Waals surface area contributed by atoms with Crippen LogP contribution < -0.4 is 4.72 Å². The van der Waals surface area contributed by atoms with Crippen LogP contribution in [0.3, 0.4) is 0 Å². The summed E-state index contributed by atoms with van der Waals surface area (Å²) in [7, 11) is -3.85. The first kappa shape index (κ1) is 15.3. The summed E-state index contributed by atoms with van der Waals surface area (Å²) >= 11 is 0. The highest BCUT2D eigenvalue weighted by atomic mass is 32.2. The Morgan fingerprint density at radius 1 is 0.800 bits per heavy atom. The molecule has 4 aromatic rings. The van der Waals surface area contributed by atoms with Crippen LogP contribution in [0.2, 0.25) is 0 Å². The smallest absolute Gasteiger partial charge is 0.264 e. The van der Waals surface area contributed by atoms with Crippen molar-refractivity contribution in [1.29, 1.82) is 0 Å². The maximum atomic E-state index is 12.9. The predicted molar refractivity (Wildman–Crippen MR) is 94.5 cm³/mol. The third-order valence-electron chi connectivity index (χ3n) is 3.79. The number of anilines is 1. The van der Waals surface area contributed by atoms with Crippen molar-refractivity contribution in [3.8, 4) is 11.1 Å². The first-order valence-corrected chi connectivity index (χ1v) is 9.02. The van der Waals surface area contributed by atoms with Crippen LogP contribution in [-0.4, -0.2) is 18.7 Å². The van der Waals surface area contributed by atoms with E-state index in [1.165, 1.54) is 6.07 Å². The quantitative estimate of drug-likeness (QED) is 0.606. The number of rotatable bonds is 4. The summed E-state index contributed by atoms with van der Waals surface area (Å²) < 4.78 is 33.1. The number of nitrogens with zero attached hydrogens (tertiary/aromatic N) is 2. The van der Waals surface area contributed by atoms with Gasteiger partial charge < -0.3 is 0 Å². The average molecular weight is 351 g/mol. The molecule has 124 valence electrons. The van der Waals surface area contributed by atoms with Gasteiger partial charge >= 0.3 is 0 Å². The van der Waals surface area contributed by atoms with Gasteiger partial charge in [0, 0.05) is 5.56 Å². The standard InChI is InChI=1S/C18H13N3O3S/c22-25(23,17-12-6-11-16-18(17)20-24-19-16)21-15-10-5-4-9-14(15)13-7-2-1-3-8-13/h1-12,21H. The first-order chi connectivity index (χ1) is 12.1. The van der Waals surface area contributed by atoms with Crippen LogP contribution in [0.15, 0.2) is 82.3 Å². The Labute approximate surface area is 144 Å². The van der Waals surface area contributed by atoms with Gasteiger partial charge in [-0.2, -0.15) is 0 Å². The van der Waals surface area contributed by atoms with Gasteiger partial charge in [0.2, 0.25) is 0 Å². The zero-order valence-corrected chi connectivity index (χ0v) is 13.8. The fraction of sp³-hybridized carbons (Fsp3) is 0. The van der Waals surface area contributed by atoms with Gasteiger partial charge in [0.05, 0.1) is 5.69 Å². The lowest BCUT2D eigenvalue weighted by atomic mass is 10.0. The van der Waals surface area contributed by atoms with E-state index in [-0.39, 0.29) is 10.4 Å². The van der Waals surface area contributed by atoms with Crippen LogP contribution in [0, 0.1) is 0 Å². The Morgan fingerprint density at radius 2 is 1.56 bits per heavy atom. The van der Waals surface area contributed by atoms with Gasteiger partial charge in [-0.05, 0) is 34.1 Å². The van der Waals surface area contributed by atoms with Gasteiger partial charge in [0.25, 0.3) is 10.0 Å². The summed E-state index contributed by atoms with van der Waals surface area (Å²) in [5, 5.41) is 7.39. The molecule has 0 spiro atoms. The van der Waals surface area contributed by atoms with Gasteiger partial charge in [0.15, 0.2) is 5.52 Å². The maximum Gasteiger partial charge on any atom is 0.264 e. The molecular weight excluding hydrogens is 338 g/mol. The Morgan fingerprint density at radius 3 is 2.40 bits per heavy atom. The van der Waals surface area contributed by atoms with Crippen molar-refractivity contribution in [1.82, 2.24) is 10.3 Å². The molecule has 25 heavy (non-hydrogen) atoms. The van der Waals surface area contributed by atoms with E-state index in [0.29, 0.717) is 11.2 Å². The summed E-state index contributed by atoms with van der Waals surface area (Å²) in [6, 6.07) is 21.5. The van der Waals surface area contributed by atoms with E-state index in [0.717, 1.165) is 11.1 Å². The maximum absolute atomic E-state index is 12.9. The largest absolute Gasteiger partial charge is 0.279 e. The fourth-order valence-corrected chi connectivity index (χ4v) is 3.87. The van der Waals surface area contributed by atoms with E-state index in [1.54, 1.807) is 24.3 Å². The van der Waals surface area contributed by atoms with Crippen molar-refractivity contribution in [2.24, 2.45) is 0 Å². The Balaban J connectivity index is 1.79. The Hall–Kier alpha value is -3.19. The molecule has 0 atom stereocenters. The molecule has 0 saturated heterocycles. The summed E-state index contributed by atoms with van der Waals surface area (Å²) in [5.41, 5.74) is 2.79. The molecule has 0 radical (unpaired) electrons. The minimum atomic E-state index is -3.85. The number of para-hydroxylation sites is 1. The van der Waals surface area contributed by atoms with Crippen LogP contribution in [0.5, 0.6) is 0 Å². The molecule has 1 N–H and O–H groups in total. The molecule has 0 bridgehead atoms. The fourth-order valence-electron chi connectivity index (χ4n) is 2.64. The molecule has 1 heterocycles. The van der Waals surface area contributed by atoms with E-state index in [9.17, 15) is 8.42 Å². The zero-order valence-electron chi connectivity index (χ0n) is 13.0. The molecule has 3 aromatic carbocycles. The molecule has 0 amide bonds. The Kier molecular flexibility index (Phi) is 3.70. The second-order valence-corrected chi connectivity index (χ2v) is 7.06. The van der Waals surface area contributed by atoms with Crippen molar-refractivity contribution in [2.45, 2.75) is 4.90 Å². The van der Waals surface area contributed by atoms with E-state index in [1.807, 2.05) is 42.5 Å². The normalized spacial score (nSPS) is 11.5. The van der Waals surface area contributed by atoms with E-state index < -0.39 is 10.0 Å². The van der Waals surface area contributed by atoms with E-state index in [4.69, 9.17) is 0 Å². The molecule has 0 aliphatic heterocycles. The molecule has 7 heteroatoms. The molecule has 4 rings (SSSR count). The number of fused-ring (bicyclic) bond motifs is 1. The van der Waals surface area contributed by atoms with Crippen LogP contribution in [0.1, 0.15) is 0 Å². The minimum absolute atomic E-state index is 0.0223. The van der Waals surface area contributed by atoms with Gasteiger partial charge in [0.1, 0.15) is 10.4 Å². The van der Waals surface area contributed by atoms with Crippen LogP contribution in [0.4, 0.5) is 5.69 Å². The number of sulfonamides is 1. The van der Waals surface area contributed by atoms with E-state index in [2.05, 4.69) is 19.7 Å². The lowest BCUT2D eigenvalue weighted by molar-refractivity contribution is 0.315. The van der Waals surface area contributed by atoms with Crippen LogP contribution >= 0.6 is 0 Å². The Bertz CT molecular complexity index is 1140. The monoisotopic (exact) mass is 351 g/mol. The van der Waals surface area contributed by atoms with Crippen LogP contribution in [0.25, 0.3) is 22.2 Å². The molecule has 1 aromatic heterocycles. The first-order valence-electron chi connectivity index (χ1n) is 7.54. The van der Waals surface area contributed by atoms with Crippen molar-refractivity contribution in [2.75, 3.05) is 4.72 Å². The predicted octanol–water partition coefficient (Wildman–Crippen LogP) is 3.69. The summed E-state index contributed by atoms with van der Waals surface area (Å²) in [6.45, 7) is 0. The van der Waals surface area contributed by atoms with Gasteiger partial charge in [-0.1, -0.05) is 54.6 Å². The summed E-state index contributed by atoms with van der Waals surface area (Å²) in [6.07, 6.45) is 0. The highest BCUT2D eigenvalue weighted by Gasteiger charge is 2.21. The number of aromatic nitrogens is 2. The van der Waals surface area contributed by atoms with Crippen molar-refractivity contribution in [3.63, 3.8) is 0 Å². The third-order valence-corrected chi connectivity index (χ3v) is 5.19. The van der Waals surface area contributed by atoms with Gasteiger partial charge in [-0.25, -0.2) is 13.0 Å². The molecular formula is C18H13N3O3S. The molecule has 0 saturated carbocycles. The highest BCUT2D eigenvalue weighted by molar-refractivity contribution is 7.93. The molecule has 0 aliphatic carbocycles. The minimum Gasteiger partial charge on any atom is -0.279 e.